The Morgan fingerprint density at radius 2 is 2.04 bits per heavy atom. The van der Waals surface area contributed by atoms with Crippen LogP contribution in [0.1, 0.15) is 25.3 Å². The van der Waals surface area contributed by atoms with Gasteiger partial charge in [-0.05, 0) is 54.5 Å². The van der Waals surface area contributed by atoms with Crippen LogP contribution in [0.4, 0.5) is 5.69 Å². The number of nitrogens with one attached hydrogen (secondary N) is 2. The Labute approximate surface area is 145 Å². The summed E-state index contributed by atoms with van der Waals surface area (Å²) in [5, 5.41) is 16.2. The Morgan fingerprint density at radius 3 is 2.67 bits per heavy atom. The average molecular weight is 346 g/mol. The molecular formula is C18H22N2O3S. The summed E-state index contributed by atoms with van der Waals surface area (Å²) >= 11 is 1.64. The molecule has 5 nitrogen and oxygen atoms in total. The number of carbonyl (C=O) groups is 2. The summed E-state index contributed by atoms with van der Waals surface area (Å²) in [6.45, 7) is 3.91. The Hall–Kier alpha value is -2.18. The van der Waals surface area contributed by atoms with E-state index in [0.717, 1.165) is 10.4 Å². The van der Waals surface area contributed by atoms with E-state index in [0.29, 0.717) is 18.5 Å². The number of anilines is 1. The maximum absolute atomic E-state index is 12.0. The van der Waals surface area contributed by atoms with Crippen molar-refractivity contribution in [3.63, 3.8) is 0 Å². The fourth-order valence-electron chi connectivity index (χ4n) is 2.38. The number of carbonyl (C=O) groups excluding carboxylic acids is 2. The van der Waals surface area contributed by atoms with Gasteiger partial charge in [-0.2, -0.15) is 0 Å². The Morgan fingerprint density at radius 1 is 1.25 bits per heavy atom. The second-order valence-electron chi connectivity index (χ2n) is 5.56. The quantitative estimate of drug-likeness (QED) is 0.704. The number of aliphatic hydroxyl groups excluding tert-OH is 1. The number of hydrogen-bond acceptors (Lipinski definition) is 4. The van der Waals surface area contributed by atoms with Gasteiger partial charge in [0.15, 0.2) is 0 Å². The molecule has 24 heavy (non-hydrogen) atoms. The fourth-order valence-corrected chi connectivity index (χ4v) is 3.30. The molecule has 2 amide bonds. The van der Waals surface area contributed by atoms with Gasteiger partial charge in [0.1, 0.15) is 0 Å². The molecule has 0 aliphatic rings. The first kappa shape index (κ1) is 18.2. The molecule has 1 atom stereocenters. The smallest absolute Gasteiger partial charge is 0.313 e. The number of thiophene rings is 1. The first-order valence-electron chi connectivity index (χ1n) is 7.92. The molecule has 2 aromatic rings. The van der Waals surface area contributed by atoms with E-state index in [2.05, 4.69) is 10.6 Å². The summed E-state index contributed by atoms with van der Waals surface area (Å²) in [5.74, 6) is -1.39. The van der Waals surface area contributed by atoms with Gasteiger partial charge in [-0.25, -0.2) is 0 Å². The van der Waals surface area contributed by atoms with Crippen LogP contribution in [0.3, 0.4) is 0 Å². The van der Waals surface area contributed by atoms with E-state index in [1.54, 1.807) is 17.4 Å². The number of aliphatic hydroxyl groups is 1. The molecule has 2 rings (SSSR count). The van der Waals surface area contributed by atoms with Crippen molar-refractivity contribution in [2.24, 2.45) is 0 Å². The normalized spacial score (nSPS) is 11.8. The lowest BCUT2D eigenvalue weighted by Gasteiger charge is -2.15. The topological polar surface area (TPSA) is 78.4 Å². The second-order valence-corrected chi connectivity index (χ2v) is 6.47. The highest BCUT2D eigenvalue weighted by Crippen LogP contribution is 2.30. The molecule has 0 fully saturated rings. The summed E-state index contributed by atoms with van der Waals surface area (Å²) in [4.78, 5) is 25.1. The van der Waals surface area contributed by atoms with Gasteiger partial charge in [0.2, 0.25) is 0 Å². The van der Waals surface area contributed by atoms with Gasteiger partial charge < -0.3 is 15.7 Å². The molecule has 0 aliphatic carbocycles. The van der Waals surface area contributed by atoms with Crippen molar-refractivity contribution in [3.05, 3.63) is 41.3 Å². The number of benzene rings is 1. The predicted molar refractivity (Wildman–Crippen MR) is 97.0 cm³/mol. The zero-order chi connectivity index (χ0) is 17.5. The molecule has 0 radical (unpaired) electrons. The summed E-state index contributed by atoms with van der Waals surface area (Å²) in [7, 11) is 0. The monoisotopic (exact) mass is 346 g/mol. The minimum Gasteiger partial charge on any atom is -0.396 e. The van der Waals surface area contributed by atoms with Gasteiger partial charge >= 0.3 is 11.8 Å². The van der Waals surface area contributed by atoms with E-state index in [1.165, 1.54) is 5.56 Å². The van der Waals surface area contributed by atoms with Crippen LogP contribution >= 0.6 is 11.3 Å². The lowest BCUT2D eigenvalue weighted by molar-refractivity contribution is -0.136. The van der Waals surface area contributed by atoms with Crippen LogP contribution in [0.2, 0.25) is 0 Å². The van der Waals surface area contributed by atoms with E-state index in [-0.39, 0.29) is 12.6 Å². The van der Waals surface area contributed by atoms with E-state index in [1.807, 2.05) is 43.5 Å². The third kappa shape index (κ3) is 4.66. The Bertz CT molecular complexity index is 712. The number of hydrogen-bond donors (Lipinski definition) is 3. The Balaban J connectivity index is 2.04. The van der Waals surface area contributed by atoms with Crippen LogP contribution in [0, 0.1) is 6.92 Å². The Kier molecular flexibility index (Phi) is 6.52. The molecule has 0 saturated carbocycles. The van der Waals surface area contributed by atoms with Gasteiger partial charge in [-0.3, -0.25) is 9.59 Å². The lowest BCUT2D eigenvalue weighted by atomic mass is 10.1. The molecule has 1 heterocycles. The molecule has 3 N–H and O–H groups in total. The first-order valence-corrected chi connectivity index (χ1v) is 8.80. The highest BCUT2D eigenvalue weighted by molar-refractivity contribution is 7.13. The zero-order valence-corrected chi connectivity index (χ0v) is 14.7. The molecular weight excluding hydrogens is 324 g/mol. The molecule has 128 valence electrons. The predicted octanol–water partition coefficient (Wildman–Crippen LogP) is 2.94. The van der Waals surface area contributed by atoms with E-state index < -0.39 is 11.8 Å². The van der Waals surface area contributed by atoms with Crippen LogP contribution in [0.25, 0.3) is 10.4 Å². The van der Waals surface area contributed by atoms with E-state index in [4.69, 9.17) is 5.11 Å². The van der Waals surface area contributed by atoms with Crippen LogP contribution in [-0.2, 0) is 9.59 Å². The lowest BCUT2D eigenvalue weighted by Crippen LogP contribution is -2.42. The van der Waals surface area contributed by atoms with Crippen molar-refractivity contribution < 1.29 is 14.7 Å². The standard InChI is InChI=1S/C18H22N2O3S/c1-3-14(7-9-21)19-17(22)18(23)20-15-6-4-5-13(11-15)16-12(2)8-10-24-16/h4-6,8,10-11,14,21H,3,7,9H2,1-2H3,(H,19,22)(H,20,23). The van der Waals surface area contributed by atoms with Crippen molar-refractivity contribution in [2.45, 2.75) is 32.7 Å². The number of aryl methyl sites for hydroxylation is 1. The number of rotatable bonds is 6. The van der Waals surface area contributed by atoms with E-state index in [9.17, 15) is 9.59 Å². The van der Waals surface area contributed by atoms with Crippen molar-refractivity contribution in [1.82, 2.24) is 5.32 Å². The van der Waals surface area contributed by atoms with Gasteiger partial charge in [-0.15, -0.1) is 11.3 Å². The van der Waals surface area contributed by atoms with Crippen LogP contribution in [0.5, 0.6) is 0 Å². The summed E-state index contributed by atoms with van der Waals surface area (Å²) in [5.41, 5.74) is 2.76. The summed E-state index contributed by atoms with van der Waals surface area (Å²) < 4.78 is 0. The molecule has 1 aromatic heterocycles. The van der Waals surface area contributed by atoms with Crippen molar-refractivity contribution in [2.75, 3.05) is 11.9 Å². The minimum atomic E-state index is -0.702. The molecule has 1 unspecified atom stereocenters. The molecule has 0 bridgehead atoms. The SMILES string of the molecule is CCC(CCO)NC(=O)C(=O)Nc1cccc(-c2sccc2C)c1. The molecule has 0 saturated heterocycles. The second kappa shape index (κ2) is 8.61. The van der Waals surface area contributed by atoms with E-state index >= 15 is 0 Å². The minimum absolute atomic E-state index is 0.0252. The zero-order valence-electron chi connectivity index (χ0n) is 13.8. The van der Waals surface area contributed by atoms with Crippen molar-refractivity contribution in [1.29, 1.82) is 0 Å². The van der Waals surface area contributed by atoms with Gasteiger partial charge in [0, 0.05) is 23.2 Å². The molecule has 6 heteroatoms. The third-order valence-electron chi connectivity index (χ3n) is 3.76. The number of amides is 2. The molecule has 1 aromatic carbocycles. The van der Waals surface area contributed by atoms with Gasteiger partial charge in [-0.1, -0.05) is 19.1 Å². The maximum atomic E-state index is 12.0. The van der Waals surface area contributed by atoms with Crippen LogP contribution in [-0.4, -0.2) is 29.6 Å². The van der Waals surface area contributed by atoms with Crippen LogP contribution in [0.15, 0.2) is 35.7 Å². The summed E-state index contributed by atoms with van der Waals surface area (Å²) in [6, 6.07) is 9.28. The van der Waals surface area contributed by atoms with Crippen molar-refractivity contribution >= 4 is 28.8 Å². The summed E-state index contributed by atoms with van der Waals surface area (Å²) in [6.07, 6.45) is 1.09. The highest BCUT2D eigenvalue weighted by atomic mass is 32.1. The average Bonchev–Trinajstić information content (AvgIpc) is 3.00. The third-order valence-corrected chi connectivity index (χ3v) is 4.82. The molecule has 0 spiro atoms. The fraction of sp³-hybridized carbons (Fsp3) is 0.333. The maximum Gasteiger partial charge on any atom is 0.313 e. The first-order chi connectivity index (χ1) is 11.5. The van der Waals surface area contributed by atoms with Crippen LogP contribution < -0.4 is 10.6 Å². The molecule has 0 aliphatic heterocycles. The van der Waals surface area contributed by atoms with Gasteiger partial charge in [0.05, 0.1) is 0 Å². The van der Waals surface area contributed by atoms with Gasteiger partial charge in [0.25, 0.3) is 0 Å². The highest BCUT2D eigenvalue weighted by Gasteiger charge is 2.17. The van der Waals surface area contributed by atoms with Crippen molar-refractivity contribution in [3.8, 4) is 10.4 Å². The largest absolute Gasteiger partial charge is 0.396 e.